The molecule has 1 amide bonds. The number of hydrogen-bond donors (Lipinski definition) is 0. The molecule has 0 aliphatic carbocycles. The molecule has 0 fully saturated rings. The highest BCUT2D eigenvalue weighted by molar-refractivity contribution is 6.11. The third-order valence-corrected chi connectivity index (χ3v) is 6.56. The van der Waals surface area contributed by atoms with Crippen molar-refractivity contribution in [1.82, 2.24) is 0 Å². The van der Waals surface area contributed by atoms with Gasteiger partial charge in [0.05, 0.1) is 13.2 Å². The molecule has 7 heteroatoms. The lowest BCUT2D eigenvalue weighted by Gasteiger charge is -2.43. The van der Waals surface area contributed by atoms with Crippen LogP contribution in [-0.4, -0.2) is 24.7 Å². The van der Waals surface area contributed by atoms with E-state index in [4.69, 9.17) is 9.47 Å². The van der Waals surface area contributed by atoms with Crippen LogP contribution in [0.3, 0.4) is 0 Å². The number of carbonyl (C=O) groups excluding carboxylic acids is 1. The molecule has 0 saturated carbocycles. The van der Waals surface area contributed by atoms with Crippen LogP contribution < -0.4 is 19.1 Å². The molecule has 3 aromatic carbocycles. The van der Waals surface area contributed by atoms with Crippen LogP contribution in [0.15, 0.2) is 66.7 Å². The molecule has 0 bridgehead atoms. The van der Waals surface area contributed by atoms with Crippen molar-refractivity contribution in [3.63, 3.8) is 0 Å². The quantitative estimate of drug-likeness (QED) is 0.430. The van der Waals surface area contributed by atoms with Crippen LogP contribution >= 0.6 is 0 Å². The zero-order valence-corrected chi connectivity index (χ0v) is 19.9. The van der Waals surface area contributed by atoms with E-state index in [-0.39, 0.29) is 11.7 Å². The van der Waals surface area contributed by atoms with E-state index < -0.39 is 17.6 Å². The Kier molecular flexibility index (Phi) is 5.66. The van der Waals surface area contributed by atoms with Gasteiger partial charge in [-0.05, 0) is 56.2 Å². The number of rotatable bonds is 6. The fourth-order valence-electron chi connectivity index (χ4n) is 5.34. The van der Waals surface area contributed by atoms with Gasteiger partial charge in [-0.25, -0.2) is 0 Å². The highest BCUT2D eigenvalue weighted by Gasteiger charge is 2.58. The summed E-state index contributed by atoms with van der Waals surface area (Å²) in [6.45, 7) is 3.86. The highest BCUT2D eigenvalue weighted by Crippen LogP contribution is 2.56. The molecular weight excluding hydrogens is 452 g/mol. The minimum Gasteiger partial charge on any atom is -0.494 e. The second-order valence-electron chi connectivity index (χ2n) is 9.47. The van der Waals surface area contributed by atoms with Gasteiger partial charge >= 0.3 is 6.61 Å². The Morgan fingerprint density at radius 2 is 1.71 bits per heavy atom. The first-order valence-corrected chi connectivity index (χ1v) is 11.6. The minimum absolute atomic E-state index is 0.0339. The van der Waals surface area contributed by atoms with Crippen LogP contribution in [0.5, 0.6) is 17.2 Å². The molecule has 3 aromatic rings. The van der Waals surface area contributed by atoms with Crippen LogP contribution in [0.4, 0.5) is 14.5 Å². The predicted molar refractivity (Wildman–Crippen MR) is 128 cm³/mol. The lowest BCUT2D eigenvalue weighted by molar-refractivity contribution is -0.124. The maximum atomic E-state index is 14.3. The molecule has 0 unspecified atom stereocenters. The van der Waals surface area contributed by atoms with Gasteiger partial charge in [0.25, 0.3) is 0 Å². The Balaban J connectivity index is 1.58. The summed E-state index contributed by atoms with van der Waals surface area (Å²) >= 11 is 0. The summed E-state index contributed by atoms with van der Waals surface area (Å²) in [5, 5.41) is 0. The summed E-state index contributed by atoms with van der Waals surface area (Å²) in [6.07, 6.45) is 0.481. The van der Waals surface area contributed by atoms with Crippen LogP contribution in [0.25, 0.3) is 0 Å². The first-order valence-electron chi connectivity index (χ1n) is 11.6. The van der Waals surface area contributed by atoms with Gasteiger partial charge < -0.3 is 19.1 Å². The largest absolute Gasteiger partial charge is 0.494 e. The summed E-state index contributed by atoms with van der Waals surface area (Å²) < 4.78 is 41.5. The molecule has 2 aliphatic heterocycles. The molecule has 5 nitrogen and oxygen atoms in total. The summed E-state index contributed by atoms with van der Waals surface area (Å²) in [5.74, 6) is 1.39. The van der Waals surface area contributed by atoms with Crippen molar-refractivity contribution in [2.24, 2.45) is 0 Å². The number of hydrogen-bond acceptors (Lipinski definition) is 4. The third-order valence-electron chi connectivity index (χ3n) is 6.56. The Morgan fingerprint density at radius 3 is 2.43 bits per heavy atom. The van der Waals surface area contributed by atoms with Gasteiger partial charge in [-0.1, -0.05) is 36.4 Å². The molecule has 1 atom stereocenters. The zero-order chi connectivity index (χ0) is 24.8. The van der Waals surface area contributed by atoms with E-state index in [2.05, 4.69) is 4.74 Å². The van der Waals surface area contributed by atoms with Crippen molar-refractivity contribution in [2.45, 2.75) is 51.4 Å². The SMILES string of the molecule is CCOc1ccc2c(c1)OC(C)(C)C[C@]21C(=O)N(Cc2ccc(OC(F)F)cc2)c2ccccc21. The lowest BCUT2D eigenvalue weighted by atomic mass is 9.67. The fourth-order valence-corrected chi connectivity index (χ4v) is 5.34. The molecule has 0 aromatic heterocycles. The number of anilines is 1. The number of amides is 1. The Labute approximate surface area is 203 Å². The summed E-state index contributed by atoms with van der Waals surface area (Å²) in [7, 11) is 0. The molecular formula is C28H27F2NO4. The lowest BCUT2D eigenvalue weighted by Crippen LogP contribution is -2.50. The predicted octanol–water partition coefficient (Wildman–Crippen LogP) is 6.08. The number of para-hydroxylation sites is 1. The van der Waals surface area contributed by atoms with Crippen molar-refractivity contribution in [3.8, 4) is 17.2 Å². The smallest absolute Gasteiger partial charge is 0.387 e. The highest BCUT2D eigenvalue weighted by atomic mass is 19.3. The monoisotopic (exact) mass is 479 g/mol. The molecule has 182 valence electrons. The number of halogens is 2. The third kappa shape index (κ3) is 3.99. The van der Waals surface area contributed by atoms with E-state index in [0.29, 0.717) is 31.1 Å². The molecule has 0 saturated heterocycles. The number of alkyl halides is 2. The van der Waals surface area contributed by atoms with Gasteiger partial charge in [0.1, 0.15) is 28.3 Å². The summed E-state index contributed by atoms with van der Waals surface area (Å²) in [5.41, 5.74) is 1.90. The molecule has 1 spiro atoms. The first kappa shape index (κ1) is 23.1. The second kappa shape index (κ2) is 8.56. The van der Waals surface area contributed by atoms with Gasteiger partial charge in [0.15, 0.2) is 0 Å². The van der Waals surface area contributed by atoms with Crippen molar-refractivity contribution >= 4 is 11.6 Å². The maximum absolute atomic E-state index is 14.3. The average molecular weight is 480 g/mol. The Morgan fingerprint density at radius 1 is 1.00 bits per heavy atom. The van der Waals surface area contributed by atoms with E-state index in [0.717, 1.165) is 22.4 Å². The zero-order valence-electron chi connectivity index (χ0n) is 19.9. The van der Waals surface area contributed by atoms with Gasteiger partial charge in [-0.15, -0.1) is 0 Å². The molecule has 35 heavy (non-hydrogen) atoms. The van der Waals surface area contributed by atoms with Crippen molar-refractivity contribution in [3.05, 3.63) is 83.4 Å². The number of fused-ring (bicyclic) bond motifs is 4. The van der Waals surface area contributed by atoms with Crippen LogP contribution in [0.2, 0.25) is 0 Å². The van der Waals surface area contributed by atoms with Gasteiger partial charge in [0.2, 0.25) is 5.91 Å². The van der Waals surface area contributed by atoms with Crippen molar-refractivity contribution < 1.29 is 27.8 Å². The molecule has 0 radical (unpaired) electrons. The summed E-state index contributed by atoms with van der Waals surface area (Å²) in [6, 6.07) is 19.9. The molecule has 2 aliphatic rings. The van der Waals surface area contributed by atoms with Gasteiger partial charge in [-0.2, -0.15) is 8.78 Å². The van der Waals surface area contributed by atoms with E-state index in [1.54, 1.807) is 17.0 Å². The molecule has 0 N–H and O–H groups in total. The van der Waals surface area contributed by atoms with Crippen molar-refractivity contribution in [2.75, 3.05) is 11.5 Å². The molecule has 2 heterocycles. The van der Waals surface area contributed by atoms with Gasteiger partial charge in [0, 0.05) is 23.7 Å². The number of ether oxygens (including phenoxy) is 3. The van der Waals surface area contributed by atoms with E-state index in [1.807, 2.05) is 63.2 Å². The fraction of sp³-hybridized carbons (Fsp3) is 0.321. The number of benzene rings is 3. The topological polar surface area (TPSA) is 48.0 Å². The average Bonchev–Trinajstić information content (AvgIpc) is 3.02. The van der Waals surface area contributed by atoms with Crippen molar-refractivity contribution in [1.29, 1.82) is 0 Å². The van der Waals surface area contributed by atoms with Gasteiger partial charge in [-0.3, -0.25) is 4.79 Å². The number of carbonyl (C=O) groups is 1. The van der Waals surface area contributed by atoms with Crippen LogP contribution in [-0.2, 0) is 16.8 Å². The molecule has 5 rings (SSSR count). The van der Waals surface area contributed by atoms with E-state index >= 15 is 0 Å². The Hall–Kier alpha value is -3.61. The van der Waals surface area contributed by atoms with Crippen LogP contribution in [0, 0.1) is 0 Å². The normalized spacial score (nSPS) is 19.9. The van der Waals surface area contributed by atoms with E-state index in [1.165, 1.54) is 12.1 Å². The summed E-state index contributed by atoms with van der Waals surface area (Å²) in [4.78, 5) is 16.1. The van der Waals surface area contributed by atoms with E-state index in [9.17, 15) is 13.6 Å². The number of nitrogens with zero attached hydrogens (tertiary/aromatic N) is 1. The Bertz CT molecular complexity index is 1260. The standard InChI is InChI=1S/C28H27F2NO4/c1-4-33-20-13-14-22-24(15-20)35-27(2,3)17-28(22)21-7-5-6-8-23(21)31(25(28)32)16-18-9-11-19(12-10-18)34-26(29)30/h5-15,26H,4,16-17H2,1-3H3/t28-/m1/s1. The minimum atomic E-state index is -2.88. The maximum Gasteiger partial charge on any atom is 0.387 e. The first-order chi connectivity index (χ1) is 16.7. The second-order valence-corrected chi connectivity index (χ2v) is 9.47. The van der Waals surface area contributed by atoms with Crippen LogP contribution in [0.1, 0.15) is 43.9 Å².